The van der Waals surface area contributed by atoms with Crippen molar-refractivity contribution in [3.8, 4) is 39.1 Å². The Morgan fingerprint density at radius 1 is 0.397 bits per heavy atom. The highest BCUT2D eigenvalue weighted by atomic mass is 16.3. The second-order valence-electron chi connectivity index (χ2n) is 18.8. The summed E-state index contributed by atoms with van der Waals surface area (Å²) in [5.74, 6) is 0. The molecule has 1 aliphatic carbocycles. The largest absolute Gasteiger partial charge is 0.455 e. The number of aromatic nitrogens is 1. The maximum absolute atomic E-state index is 7.00. The van der Waals surface area contributed by atoms with Crippen LogP contribution in [0.5, 0.6) is 0 Å². The number of fused-ring (bicyclic) bond motifs is 12. The van der Waals surface area contributed by atoms with Gasteiger partial charge in [0.25, 0.3) is 0 Å². The van der Waals surface area contributed by atoms with Crippen LogP contribution >= 0.6 is 0 Å². The van der Waals surface area contributed by atoms with E-state index in [1.165, 1.54) is 76.7 Å². The maximum atomic E-state index is 7.00. The second-order valence-corrected chi connectivity index (χ2v) is 18.8. The van der Waals surface area contributed by atoms with Crippen LogP contribution in [0.15, 0.2) is 235 Å². The lowest BCUT2D eigenvalue weighted by atomic mass is 9.81. The van der Waals surface area contributed by atoms with Gasteiger partial charge in [0.15, 0.2) is 0 Å². The molecule has 320 valence electrons. The Bertz CT molecular complexity index is 4120. The fourth-order valence-electron chi connectivity index (χ4n) is 11.5. The van der Waals surface area contributed by atoms with Gasteiger partial charge in [0.05, 0.1) is 22.4 Å². The number of para-hydroxylation sites is 3. The third-order valence-electron chi connectivity index (χ3n) is 14.8. The number of benzene rings is 11. The molecule has 0 bridgehead atoms. The molecule has 3 heteroatoms. The van der Waals surface area contributed by atoms with Crippen molar-refractivity contribution in [2.75, 3.05) is 4.90 Å². The molecule has 0 N–H and O–H groups in total. The van der Waals surface area contributed by atoms with Gasteiger partial charge in [-0.05, 0) is 122 Å². The third-order valence-corrected chi connectivity index (χ3v) is 14.8. The molecule has 0 spiro atoms. The Labute approximate surface area is 394 Å². The minimum atomic E-state index is -0.0802. The molecular formula is C65H44N2O. The summed E-state index contributed by atoms with van der Waals surface area (Å²) in [6.45, 7) is 4.70. The van der Waals surface area contributed by atoms with Gasteiger partial charge in [0.1, 0.15) is 11.2 Å². The van der Waals surface area contributed by atoms with Gasteiger partial charge in [-0.1, -0.05) is 178 Å². The Balaban J connectivity index is 0.991. The van der Waals surface area contributed by atoms with E-state index in [4.69, 9.17) is 4.42 Å². The van der Waals surface area contributed by atoms with Gasteiger partial charge >= 0.3 is 0 Å². The summed E-state index contributed by atoms with van der Waals surface area (Å²) in [6.07, 6.45) is 0. The van der Waals surface area contributed by atoms with Crippen LogP contribution in [-0.4, -0.2) is 4.57 Å². The van der Waals surface area contributed by atoms with Gasteiger partial charge in [-0.2, -0.15) is 0 Å². The summed E-state index contributed by atoms with van der Waals surface area (Å²) in [4.78, 5) is 2.46. The molecule has 13 aromatic rings. The van der Waals surface area contributed by atoms with Crippen LogP contribution in [0, 0.1) is 0 Å². The molecule has 0 atom stereocenters. The predicted octanol–water partition coefficient (Wildman–Crippen LogP) is 18.1. The molecular weight excluding hydrogens is 825 g/mol. The SMILES string of the molecule is CC1(C)c2ccccc2-c2ccc(-c3ccc(N(c4ccc5c(oc6ccccc65)c4-c4ccc(-n5c6ccccc6c6ccccc65)cc4)c4cc5ccccc5c5ccccc45)cc3)cc21. The quantitative estimate of drug-likeness (QED) is 0.155. The van der Waals surface area contributed by atoms with Crippen molar-refractivity contribution < 1.29 is 4.42 Å². The van der Waals surface area contributed by atoms with Gasteiger partial charge in [-0.25, -0.2) is 0 Å². The summed E-state index contributed by atoms with van der Waals surface area (Å²) in [5, 5.41) is 9.49. The Morgan fingerprint density at radius 2 is 0.985 bits per heavy atom. The van der Waals surface area contributed by atoms with Crippen molar-refractivity contribution in [3.05, 3.63) is 242 Å². The normalized spacial score (nSPS) is 13.0. The molecule has 3 nitrogen and oxygen atoms in total. The highest BCUT2D eigenvalue weighted by molar-refractivity contribution is 6.18. The van der Waals surface area contributed by atoms with Crippen LogP contribution in [0.4, 0.5) is 17.1 Å². The van der Waals surface area contributed by atoms with Crippen LogP contribution in [0.1, 0.15) is 25.0 Å². The highest BCUT2D eigenvalue weighted by Crippen LogP contribution is 2.52. The molecule has 11 aromatic carbocycles. The molecule has 2 aromatic heterocycles. The zero-order valence-corrected chi connectivity index (χ0v) is 37.7. The lowest BCUT2D eigenvalue weighted by molar-refractivity contribution is 0.660. The predicted molar refractivity (Wildman–Crippen MR) is 286 cm³/mol. The van der Waals surface area contributed by atoms with Crippen molar-refractivity contribution in [2.24, 2.45) is 0 Å². The van der Waals surface area contributed by atoms with Gasteiger partial charge in [-0.15, -0.1) is 0 Å². The lowest BCUT2D eigenvalue weighted by Crippen LogP contribution is -2.14. The average molecular weight is 869 g/mol. The summed E-state index contributed by atoms with van der Waals surface area (Å²) in [7, 11) is 0. The Kier molecular flexibility index (Phi) is 8.33. The summed E-state index contributed by atoms with van der Waals surface area (Å²) in [5.41, 5.74) is 18.3. The number of furan rings is 1. The van der Waals surface area contributed by atoms with Crippen LogP contribution < -0.4 is 4.90 Å². The minimum Gasteiger partial charge on any atom is -0.455 e. The first-order chi connectivity index (χ1) is 33.5. The first-order valence-electron chi connectivity index (χ1n) is 23.6. The standard InChI is InChI=1S/C65H44N2O/c1-65(2)56-23-11-7-18-49(56)50-36-31-43(39-57(50)65)41-27-32-46(33-28-41)67(61-40-44-15-3-4-16-47(44)48-17-5-6-19-51(48)61)60-38-37-55-54-22-10-14-26-62(54)68-64(55)63(60)42-29-34-45(35-30-42)66-58-24-12-8-20-52(58)53-21-9-13-25-59(53)66/h3-40H,1-2H3. The molecule has 0 fully saturated rings. The van der Waals surface area contributed by atoms with Crippen molar-refractivity contribution in [3.63, 3.8) is 0 Å². The molecule has 1 aliphatic rings. The zero-order chi connectivity index (χ0) is 45.1. The second kappa shape index (κ2) is 14.7. The van der Waals surface area contributed by atoms with Crippen LogP contribution in [-0.2, 0) is 5.41 Å². The fraction of sp³-hybridized carbons (Fsp3) is 0.0462. The minimum absolute atomic E-state index is 0.0802. The lowest BCUT2D eigenvalue weighted by Gasteiger charge is -2.30. The molecule has 0 saturated heterocycles. The van der Waals surface area contributed by atoms with E-state index in [0.717, 1.165) is 55.8 Å². The van der Waals surface area contributed by atoms with Crippen molar-refractivity contribution >= 4 is 82.4 Å². The molecule has 0 amide bonds. The van der Waals surface area contributed by atoms with Gasteiger partial charge in [-0.3, -0.25) is 0 Å². The topological polar surface area (TPSA) is 21.3 Å². The van der Waals surface area contributed by atoms with E-state index in [1.54, 1.807) is 0 Å². The summed E-state index contributed by atoms with van der Waals surface area (Å²) >= 11 is 0. The van der Waals surface area contributed by atoms with Crippen LogP contribution in [0.3, 0.4) is 0 Å². The highest BCUT2D eigenvalue weighted by Gasteiger charge is 2.35. The molecule has 0 unspecified atom stereocenters. The van der Waals surface area contributed by atoms with E-state index in [2.05, 4.69) is 254 Å². The monoisotopic (exact) mass is 868 g/mol. The number of hydrogen-bond donors (Lipinski definition) is 0. The van der Waals surface area contributed by atoms with Crippen molar-refractivity contribution in [1.29, 1.82) is 0 Å². The van der Waals surface area contributed by atoms with Crippen LogP contribution in [0.2, 0.25) is 0 Å². The Hall–Kier alpha value is -8.66. The van der Waals surface area contributed by atoms with Gasteiger partial charge in [0.2, 0.25) is 0 Å². The van der Waals surface area contributed by atoms with E-state index in [1.807, 2.05) is 0 Å². The van der Waals surface area contributed by atoms with Gasteiger partial charge < -0.3 is 13.9 Å². The molecule has 0 aliphatic heterocycles. The zero-order valence-electron chi connectivity index (χ0n) is 37.7. The molecule has 0 radical (unpaired) electrons. The van der Waals surface area contributed by atoms with E-state index in [0.29, 0.717) is 0 Å². The van der Waals surface area contributed by atoms with E-state index < -0.39 is 0 Å². The molecule has 68 heavy (non-hydrogen) atoms. The Morgan fingerprint density at radius 3 is 1.75 bits per heavy atom. The first-order valence-corrected chi connectivity index (χ1v) is 23.6. The van der Waals surface area contributed by atoms with Crippen molar-refractivity contribution in [2.45, 2.75) is 19.3 Å². The van der Waals surface area contributed by atoms with E-state index in [-0.39, 0.29) is 5.41 Å². The number of rotatable bonds is 6. The van der Waals surface area contributed by atoms with Crippen molar-refractivity contribution in [1.82, 2.24) is 4.57 Å². The summed E-state index contributed by atoms with van der Waals surface area (Å²) < 4.78 is 9.38. The molecule has 0 saturated carbocycles. The average Bonchev–Trinajstić information content (AvgIpc) is 4.02. The number of hydrogen-bond acceptors (Lipinski definition) is 2. The maximum Gasteiger partial charge on any atom is 0.145 e. The molecule has 2 heterocycles. The van der Waals surface area contributed by atoms with E-state index >= 15 is 0 Å². The fourth-order valence-corrected chi connectivity index (χ4v) is 11.5. The first kappa shape index (κ1) is 38.6. The smallest absolute Gasteiger partial charge is 0.145 e. The molecule has 14 rings (SSSR count). The van der Waals surface area contributed by atoms with E-state index in [9.17, 15) is 0 Å². The number of anilines is 3. The summed E-state index contributed by atoms with van der Waals surface area (Å²) in [6, 6.07) is 84.5. The van der Waals surface area contributed by atoms with Gasteiger partial charge in [0, 0.05) is 49.3 Å². The number of nitrogens with zero attached hydrogens (tertiary/aromatic N) is 2. The van der Waals surface area contributed by atoms with Crippen LogP contribution in [0.25, 0.3) is 104 Å². The third kappa shape index (κ3) is 5.66.